The second kappa shape index (κ2) is 9.85. The normalized spacial score (nSPS) is 10.8. The van der Waals surface area contributed by atoms with Crippen LogP contribution in [0.25, 0.3) is 11.3 Å². The fourth-order valence-corrected chi connectivity index (χ4v) is 3.61. The summed E-state index contributed by atoms with van der Waals surface area (Å²) in [6, 6.07) is 16.2. The van der Waals surface area contributed by atoms with Crippen LogP contribution in [-0.4, -0.2) is 20.4 Å². The van der Waals surface area contributed by atoms with Crippen molar-refractivity contribution >= 4 is 23.2 Å². The average molecular weight is 462 g/mol. The molecule has 2 aromatic carbocycles. The van der Waals surface area contributed by atoms with E-state index in [-0.39, 0.29) is 12.5 Å². The van der Waals surface area contributed by atoms with E-state index in [0.29, 0.717) is 28.6 Å². The molecule has 2 aromatic heterocycles. The quantitative estimate of drug-likeness (QED) is 0.414. The summed E-state index contributed by atoms with van der Waals surface area (Å²) in [6.07, 6.45) is 3.62. The molecule has 33 heavy (non-hydrogen) atoms. The van der Waals surface area contributed by atoms with Crippen molar-refractivity contribution in [2.45, 2.75) is 20.1 Å². The van der Waals surface area contributed by atoms with E-state index in [9.17, 15) is 4.79 Å². The number of nitrogens with one attached hydrogen (secondary N) is 1. The van der Waals surface area contributed by atoms with Gasteiger partial charge in [0.15, 0.2) is 0 Å². The number of hydrogen-bond acceptors (Lipinski definition) is 5. The number of pyridine rings is 1. The van der Waals surface area contributed by atoms with Crippen molar-refractivity contribution in [1.82, 2.24) is 14.5 Å². The molecule has 0 fully saturated rings. The maximum atomic E-state index is 12.9. The molecular formula is C25H24ClN5O2. The minimum absolute atomic E-state index is 0.233. The smallest absolute Gasteiger partial charge is 0.255 e. The molecule has 168 valence electrons. The lowest BCUT2D eigenvalue weighted by atomic mass is 10.1. The summed E-state index contributed by atoms with van der Waals surface area (Å²) in [6.45, 7) is 2.50. The number of imidazole rings is 1. The van der Waals surface area contributed by atoms with E-state index < -0.39 is 0 Å². The second-order valence-corrected chi connectivity index (χ2v) is 7.97. The molecule has 7 nitrogen and oxygen atoms in total. The fraction of sp³-hybridized carbons (Fsp3) is 0.160. The monoisotopic (exact) mass is 461 g/mol. The number of halogens is 1. The highest BCUT2D eigenvalue weighted by atomic mass is 35.5. The van der Waals surface area contributed by atoms with E-state index in [0.717, 1.165) is 28.3 Å². The number of anilines is 1. The third-order valence-electron chi connectivity index (χ3n) is 5.27. The highest BCUT2D eigenvalue weighted by Crippen LogP contribution is 2.33. The van der Waals surface area contributed by atoms with Crippen molar-refractivity contribution in [3.63, 3.8) is 0 Å². The van der Waals surface area contributed by atoms with Crippen LogP contribution in [0.3, 0.4) is 0 Å². The molecule has 4 aromatic rings. The topological polar surface area (TPSA) is 95.1 Å². The summed E-state index contributed by atoms with van der Waals surface area (Å²) in [5, 5.41) is 3.48. The van der Waals surface area contributed by atoms with Crippen molar-refractivity contribution < 1.29 is 9.53 Å². The lowest BCUT2D eigenvalue weighted by Gasteiger charge is -2.13. The second-order valence-electron chi connectivity index (χ2n) is 7.57. The zero-order chi connectivity index (χ0) is 23.4. The van der Waals surface area contributed by atoms with Gasteiger partial charge in [-0.3, -0.25) is 9.78 Å². The number of amides is 1. The molecule has 0 aliphatic heterocycles. The van der Waals surface area contributed by atoms with Gasteiger partial charge in [-0.1, -0.05) is 17.7 Å². The van der Waals surface area contributed by atoms with Crippen LogP contribution in [0.2, 0.25) is 5.02 Å². The number of carbonyl (C=O) groups excluding carboxylic acids is 1. The molecule has 0 radical (unpaired) electrons. The number of rotatable bonds is 7. The number of carbonyl (C=O) groups is 1. The van der Waals surface area contributed by atoms with Crippen molar-refractivity contribution in [2.24, 2.45) is 12.8 Å². The SMILES string of the molecule is Cc1nc(-c2cc(NC(=O)c3ccc(OCc4ccccn4)cc3)c(CN)cc2Cl)cn1C. The zero-order valence-electron chi connectivity index (χ0n) is 18.4. The predicted octanol–water partition coefficient (Wildman–Crippen LogP) is 4.73. The Morgan fingerprint density at radius 2 is 1.97 bits per heavy atom. The highest BCUT2D eigenvalue weighted by molar-refractivity contribution is 6.33. The van der Waals surface area contributed by atoms with Crippen molar-refractivity contribution in [1.29, 1.82) is 0 Å². The predicted molar refractivity (Wildman–Crippen MR) is 129 cm³/mol. The molecule has 0 spiro atoms. The zero-order valence-corrected chi connectivity index (χ0v) is 19.1. The number of nitrogens with two attached hydrogens (primary N) is 1. The van der Waals surface area contributed by atoms with Gasteiger partial charge < -0.3 is 20.4 Å². The van der Waals surface area contributed by atoms with Crippen LogP contribution in [0.1, 0.15) is 27.4 Å². The molecular weight excluding hydrogens is 438 g/mol. The molecule has 0 unspecified atom stereocenters. The maximum absolute atomic E-state index is 12.9. The van der Waals surface area contributed by atoms with Gasteiger partial charge in [0.2, 0.25) is 0 Å². The number of hydrogen-bond donors (Lipinski definition) is 2. The average Bonchev–Trinajstić information content (AvgIpc) is 3.17. The van der Waals surface area contributed by atoms with Gasteiger partial charge >= 0.3 is 0 Å². The molecule has 2 heterocycles. The third kappa shape index (κ3) is 5.22. The van der Waals surface area contributed by atoms with Crippen molar-refractivity contribution in [3.8, 4) is 17.0 Å². The van der Waals surface area contributed by atoms with Crippen LogP contribution in [0.5, 0.6) is 5.75 Å². The Kier molecular flexibility index (Phi) is 6.72. The Morgan fingerprint density at radius 1 is 1.18 bits per heavy atom. The molecule has 0 aliphatic carbocycles. The molecule has 0 saturated carbocycles. The van der Waals surface area contributed by atoms with Crippen LogP contribution in [0, 0.1) is 6.92 Å². The van der Waals surface area contributed by atoms with Crippen LogP contribution in [-0.2, 0) is 20.2 Å². The largest absolute Gasteiger partial charge is 0.487 e. The van der Waals surface area contributed by atoms with Gasteiger partial charge in [-0.05, 0) is 61.0 Å². The van der Waals surface area contributed by atoms with E-state index in [1.165, 1.54) is 0 Å². The molecule has 0 saturated heterocycles. The molecule has 8 heteroatoms. The Balaban J connectivity index is 1.51. The molecule has 0 atom stereocenters. The van der Waals surface area contributed by atoms with E-state index in [2.05, 4.69) is 15.3 Å². The number of aromatic nitrogens is 3. The molecule has 4 rings (SSSR count). The van der Waals surface area contributed by atoms with Crippen LogP contribution >= 0.6 is 11.6 Å². The van der Waals surface area contributed by atoms with Gasteiger partial charge in [-0.25, -0.2) is 4.98 Å². The number of benzene rings is 2. The van der Waals surface area contributed by atoms with E-state index >= 15 is 0 Å². The summed E-state index contributed by atoms with van der Waals surface area (Å²) in [4.78, 5) is 21.7. The summed E-state index contributed by atoms with van der Waals surface area (Å²) in [5.74, 6) is 1.26. The first-order chi connectivity index (χ1) is 15.9. The minimum atomic E-state index is -0.258. The van der Waals surface area contributed by atoms with Gasteiger partial charge in [-0.15, -0.1) is 0 Å². The van der Waals surface area contributed by atoms with Crippen molar-refractivity contribution in [3.05, 3.63) is 94.7 Å². The first-order valence-corrected chi connectivity index (χ1v) is 10.8. The molecule has 0 aliphatic rings. The molecule has 0 bridgehead atoms. The van der Waals surface area contributed by atoms with Gasteiger partial charge in [0.1, 0.15) is 18.2 Å². The number of nitrogens with zero attached hydrogens (tertiary/aromatic N) is 3. The van der Waals surface area contributed by atoms with Crippen LogP contribution in [0.4, 0.5) is 5.69 Å². The Morgan fingerprint density at radius 3 is 2.61 bits per heavy atom. The molecule has 3 N–H and O–H groups in total. The van der Waals surface area contributed by atoms with Gasteiger partial charge in [-0.2, -0.15) is 0 Å². The summed E-state index contributed by atoms with van der Waals surface area (Å²) in [5.41, 5.74) is 10.0. The van der Waals surface area contributed by atoms with Crippen molar-refractivity contribution in [2.75, 3.05) is 5.32 Å². The Hall–Kier alpha value is -3.68. The maximum Gasteiger partial charge on any atom is 0.255 e. The summed E-state index contributed by atoms with van der Waals surface area (Å²) >= 11 is 6.49. The first-order valence-electron chi connectivity index (χ1n) is 10.4. The minimum Gasteiger partial charge on any atom is -0.487 e. The van der Waals surface area contributed by atoms with Gasteiger partial charge in [0.25, 0.3) is 5.91 Å². The number of aryl methyl sites for hydroxylation is 2. The lowest BCUT2D eigenvalue weighted by molar-refractivity contribution is 0.102. The molecule has 1 amide bonds. The Bertz CT molecular complexity index is 1250. The van der Waals surface area contributed by atoms with Gasteiger partial charge in [0, 0.05) is 42.8 Å². The summed E-state index contributed by atoms with van der Waals surface area (Å²) < 4.78 is 7.65. The first kappa shape index (κ1) is 22.5. The third-order valence-corrected chi connectivity index (χ3v) is 5.59. The van der Waals surface area contributed by atoms with Crippen LogP contribution < -0.4 is 15.8 Å². The number of ether oxygens (including phenoxy) is 1. The van der Waals surface area contributed by atoms with E-state index in [1.807, 2.05) is 49.0 Å². The summed E-state index contributed by atoms with van der Waals surface area (Å²) in [7, 11) is 1.92. The van der Waals surface area contributed by atoms with Crippen LogP contribution in [0.15, 0.2) is 67.0 Å². The van der Waals surface area contributed by atoms with Gasteiger partial charge in [0.05, 0.1) is 16.4 Å². The fourth-order valence-electron chi connectivity index (χ4n) is 3.32. The standard InChI is InChI=1S/C25H24ClN5O2/c1-16-29-24(14-31(16)2)21-12-23(18(13-27)11-22(21)26)30-25(32)17-6-8-20(9-7-17)33-15-19-5-3-4-10-28-19/h3-12,14H,13,15,27H2,1-2H3,(H,30,32). The van der Waals surface area contributed by atoms with E-state index in [1.54, 1.807) is 36.5 Å². The highest BCUT2D eigenvalue weighted by Gasteiger charge is 2.15. The lowest BCUT2D eigenvalue weighted by Crippen LogP contribution is -2.14. The Labute approximate surface area is 197 Å². The van der Waals surface area contributed by atoms with E-state index in [4.69, 9.17) is 22.1 Å².